The predicted molar refractivity (Wildman–Crippen MR) is 87.7 cm³/mol. The van der Waals surface area contributed by atoms with Crippen molar-refractivity contribution in [1.82, 2.24) is 4.90 Å². The molecule has 6 heteroatoms. The highest BCUT2D eigenvalue weighted by Gasteiger charge is 2.25. The first-order valence-electron chi connectivity index (χ1n) is 6.33. The Bertz CT molecular complexity index is 323. The van der Waals surface area contributed by atoms with E-state index < -0.39 is 6.04 Å². The fraction of sp³-hybridized carbons (Fsp3) is 0.769. The van der Waals surface area contributed by atoms with Crippen molar-refractivity contribution >= 4 is 49.8 Å². The van der Waals surface area contributed by atoms with E-state index in [0.29, 0.717) is 6.42 Å². The maximum Gasteiger partial charge on any atom is 0.222 e. The lowest BCUT2D eigenvalue weighted by Crippen LogP contribution is -2.41. The maximum absolute atomic E-state index is 12.0. The molecule has 0 aliphatic carbocycles. The van der Waals surface area contributed by atoms with Gasteiger partial charge in [0, 0.05) is 42.5 Å². The molecule has 0 saturated carbocycles. The molecule has 0 heterocycles. The number of rotatable bonds is 10. The van der Waals surface area contributed by atoms with Gasteiger partial charge < -0.3 is 4.90 Å². The molecular formula is C13H22INO3S. The Labute approximate surface area is 133 Å². The first kappa shape index (κ1) is 18.9. The van der Waals surface area contributed by atoms with Crippen molar-refractivity contribution in [1.29, 1.82) is 0 Å². The SMILES string of the molecule is CSCCCCCC(=O)N(C)C(CC(C)=O)C(=O)I. The Morgan fingerprint density at radius 2 is 1.84 bits per heavy atom. The largest absolute Gasteiger partial charge is 0.334 e. The van der Waals surface area contributed by atoms with E-state index in [0.717, 1.165) is 25.0 Å². The van der Waals surface area contributed by atoms with Crippen molar-refractivity contribution in [2.45, 2.75) is 45.1 Å². The topological polar surface area (TPSA) is 54.5 Å². The normalized spacial score (nSPS) is 12.0. The van der Waals surface area contributed by atoms with Gasteiger partial charge in [-0.2, -0.15) is 11.8 Å². The molecule has 0 aromatic heterocycles. The van der Waals surface area contributed by atoms with E-state index in [9.17, 15) is 14.4 Å². The molecule has 0 saturated heterocycles. The molecule has 19 heavy (non-hydrogen) atoms. The minimum absolute atomic E-state index is 0.0552. The van der Waals surface area contributed by atoms with Crippen molar-refractivity contribution in [2.24, 2.45) is 0 Å². The van der Waals surface area contributed by atoms with Crippen LogP contribution in [0.3, 0.4) is 0 Å². The Morgan fingerprint density at radius 1 is 1.21 bits per heavy atom. The number of ketones is 1. The van der Waals surface area contributed by atoms with E-state index >= 15 is 0 Å². The van der Waals surface area contributed by atoms with E-state index in [4.69, 9.17) is 0 Å². The number of nitrogens with zero attached hydrogens (tertiary/aromatic N) is 1. The van der Waals surface area contributed by atoms with Gasteiger partial charge in [0.25, 0.3) is 0 Å². The van der Waals surface area contributed by atoms with Crippen LogP contribution in [0.25, 0.3) is 0 Å². The van der Waals surface area contributed by atoms with Crippen LogP contribution >= 0.6 is 34.4 Å². The Morgan fingerprint density at radius 3 is 2.32 bits per heavy atom. The lowest BCUT2D eigenvalue weighted by atomic mass is 10.1. The number of unbranched alkanes of at least 4 members (excludes halogenated alkanes) is 2. The number of halogens is 1. The maximum atomic E-state index is 12.0. The minimum Gasteiger partial charge on any atom is -0.334 e. The van der Waals surface area contributed by atoms with Gasteiger partial charge in [0.05, 0.1) is 0 Å². The van der Waals surface area contributed by atoms with Crippen LogP contribution in [0.5, 0.6) is 0 Å². The molecule has 0 aromatic rings. The van der Waals surface area contributed by atoms with Crippen LogP contribution < -0.4 is 0 Å². The third kappa shape index (κ3) is 8.62. The molecule has 1 unspecified atom stereocenters. The van der Waals surface area contributed by atoms with Crippen molar-refractivity contribution < 1.29 is 14.4 Å². The van der Waals surface area contributed by atoms with Gasteiger partial charge in [-0.3, -0.25) is 14.4 Å². The van der Waals surface area contributed by atoms with Gasteiger partial charge in [-0.25, -0.2) is 0 Å². The number of likely N-dealkylation sites (N-methyl/N-ethyl adjacent to an activating group) is 1. The summed E-state index contributed by atoms with van der Waals surface area (Å²) < 4.78 is -0.161. The molecule has 0 radical (unpaired) electrons. The van der Waals surface area contributed by atoms with Crippen LogP contribution in [0.1, 0.15) is 39.0 Å². The molecule has 1 amide bonds. The zero-order valence-electron chi connectivity index (χ0n) is 11.8. The fourth-order valence-corrected chi connectivity index (χ4v) is 2.82. The zero-order valence-corrected chi connectivity index (χ0v) is 14.8. The summed E-state index contributed by atoms with van der Waals surface area (Å²) in [6, 6.07) is -0.614. The number of hydrogen-bond donors (Lipinski definition) is 0. The summed E-state index contributed by atoms with van der Waals surface area (Å²) in [6.07, 6.45) is 5.60. The number of thioether (sulfide) groups is 1. The molecule has 0 aliphatic rings. The van der Waals surface area contributed by atoms with Gasteiger partial charge in [-0.05, 0) is 31.8 Å². The Hall–Kier alpha value is -0.110. The number of carbonyl (C=O) groups is 3. The van der Waals surface area contributed by atoms with E-state index in [1.54, 1.807) is 41.4 Å². The quantitative estimate of drug-likeness (QED) is 0.322. The molecule has 0 aliphatic heterocycles. The van der Waals surface area contributed by atoms with Crippen molar-refractivity contribution in [3.8, 4) is 0 Å². The summed E-state index contributed by atoms with van der Waals surface area (Å²) >= 11 is 3.46. The number of hydrogen-bond acceptors (Lipinski definition) is 4. The molecule has 110 valence electrons. The average Bonchev–Trinajstić information content (AvgIpc) is 2.34. The fourth-order valence-electron chi connectivity index (χ4n) is 1.69. The molecule has 0 N–H and O–H groups in total. The van der Waals surface area contributed by atoms with Crippen LogP contribution in [0.15, 0.2) is 0 Å². The van der Waals surface area contributed by atoms with Gasteiger partial charge in [0.15, 0.2) is 0 Å². The first-order valence-corrected chi connectivity index (χ1v) is 8.80. The molecule has 0 spiro atoms. The molecule has 0 bridgehead atoms. The van der Waals surface area contributed by atoms with Crippen LogP contribution in [0, 0.1) is 0 Å². The standard InChI is InChI=1S/C13H22INO3S/c1-10(16)9-11(13(14)18)15(2)12(17)7-5-4-6-8-19-3/h11H,4-9H2,1-3H3. The number of carbonyl (C=O) groups excluding carboxylic acids is 3. The van der Waals surface area contributed by atoms with Crippen molar-refractivity contribution in [2.75, 3.05) is 19.1 Å². The van der Waals surface area contributed by atoms with Crippen LogP contribution in [-0.4, -0.2) is 45.5 Å². The summed E-state index contributed by atoms with van der Waals surface area (Å²) in [6.45, 7) is 1.44. The van der Waals surface area contributed by atoms with Crippen molar-refractivity contribution in [3.05, 3.63) is 0 Å². The molecule has 1 atom stereocenters. The van der Waals surface area contributed by atoms with E-state index in [1.165, 1.54) is 11.8 Å². The van der Waals surface area contributed by atoms with Gasteiger partial charge >= 0.3 is 0 Å². The molecule has 0 aromatic carbocycles. The second kappa shape index (κ2) is 10.7. The zero-order chi connectivity index (χ0) is 14.8. The van der Waals surface area contributed by atoms with Gasteiger partial charge in [-0.15, -0.1) is 0 Å². The average molecular weight is 399 g/mol. The Balaban J connectivity index is 4.19. The highest BCUT2D eigenvalue weighted by molar-refractivity contribution is 14.1. The summed E-state index contributed by atoms with van der Waals surface area (Å²) in [5, 5.41) is 0. The van der Waals surface area contributed by atoms with Gasteiger partial charge in [0.2, 0.25) is 9.70 Å². The third-order valence-corrected chi connectivity index (χ3v) is 4.26. The third-order valence-electron chi connectivity index (χ3n) is 2.84. The summed E-state index contributed by atoms with van der Waals surface area (Å²) in [5.41, 5.74) is 0. The van der Waals surface area contributed by atoms with Crippen LogP contribution in [0.2, 0.25) is 0 Å². The van der Waals surface area contributed by atoms with E-state index in [2.05, 4.69) is 6.26 Å². The molecule has 0 fully saturated rings. The highest BCUT2D eigenvalue weighted by Crippen LogP contribution is 2.12. The smallest absolute Gasteiger partial charge is 0.222 e. The highest BCUT2D eigenvalue weighted by atomic mass is 127. The molecule has 4 nitrogen and oxygen atoms in total. The second-order valence-corrected chi connectivity index (χ2v) is 6.58. The summed E-state index contributed by atoms with van der Waals surface area (Å²) in [7, 11) is 1.61. The molecular weight excluding hydrogens is 377 g/mol. The minimum atomic E-state index is -0.614. The predicted octanol–water partition coefficient (Wildman–Crippen LogP) is 2.68. The second-order valence-electron chi connectivity index (χ2n) is 4.53. The van der Waals surface area contributed by atoms with Crippen LogP contribution in [0.4, 0.5) is 0 Å². The Kier molecular flexibility index (Phi) is 10.6. The van der Waals surface area contributed by atoms with Crippen molar-refractivity contribution in [3.63, 3.8) is 0 Å². The van der Waals surface area contributed by atoms with E-state index in [1.807, 2.05) is 0 Å². The van der Waals surface area contributed by atoms with Crippen LogP contribution in [-0.2, 0) is 14.4 Å². The lowest BCUT2D eigenvalue weighted by molar-refractivity contribution is -0.136. The first-order chi connectivity index (χ1) is 8.90. The van der Waals surface area contributed by atoms with E-state index in [-0.39, 0.29) is 21.9 Å². The summed E-state index contributed by atoms with van der Waals surface area (Å²) in [5.74, 6) is 0.985. The number of amides is 1. The monoisotopic (exact) mass is 399 g/mol. The van der Waals surface area contributed by atoms with Gasteiger partial charge in [0.1, 0.15) is 11.8 Å². The van der Waals surface area contributed by atoms with Gasteiger partial charge in [-0.1, -0.05) is 6.42 Å². The molecule has 0 rings (SSSR count). The lowest BCUT2D eigenvalue weighted by Gasteiger charge is -2.24. The summed E-state index contributed by atoms with van der Waals surface area (Å²) in [4.78, 5) is 36.0. The number of Topliss-reactive ketones (excluding diaryl/α,β-unsaturated/α-hetero) is 1.